The van der Waals surface area contributed by atoms with Crippen molar-refractivity contribution in [3.8, 4) is 11.6 Å². The van der Waals surface area contributed by atoms with Gasteiger partial charge in [0, 0.05) is 16.6 Å². The summed E-state index contributed by atoms with van der Waals surface area (Å²) < 4.78 is 5.95. The van der Waals surface area contributed by atoms with Gasteiger partial charge < -0.3 is 10.5 Å². The summed E-state index contributed by atoms with van der Waals surface area (Å²) in [5.74, 6) is 0.606. The lowest BCUT2D eigenvalue weighted by Crippen LogP contribution is -1.96. The summed E-state index contributed by atoms with van der Waals surface area (Å²) in [7, 11) is 0. The zero-order chi connectivity index (χ0) is 13.1. The molecule has 6 nitrogen and oxygen atoms in total. The molecule has 0 amide bonds. The molecule has 0 spiro atoms. The molecule has 0 saturated heterocycles. The summed E-state index contributed by atoms with van der Waals surface area (Å²) in [5.41, 5.74) is 5.36. The Labute approximate surface area is 111 Å². The summed E-state index contributed by atoms with van der Waals surface area (Å²) in [6, 6.07) is 9.33. The van der Waals surface area contributed by atoms with Crippen molar-refractivity contribution in [1.82, 2.24) is 4.98 Å². The van der Waals surface area contributed by atoms with Crippen molar-refractivity contribution in [2.45, 2.75) is 0 Å². The zero-order valence-electron chi connectivity index (χ0n) is 9.04. The molecule has 0 aliphatic carbocycles. The van der Waals surface area contributed by atoms with Crippen LogP contribution in [-0.2, 0) is 0 Å². The average Bonchev–Trinajstić information content (AvgIpc) is 2.31. The second kappa shape index (κ2) is 5.01. The molecular formula is C11H8BrN3O3. The van der Waals surface area contributed by atoms with Gasteiger partial charge in [0.15, 0.2) is 0 Å². The van der Waals surface area contributed by atoms with Crippen molar-refractivity contribution in [2.24, 2.45) is 0 Å². The molecule has 2 aromatic rings. The SMILES string of the molecule is Nc1cccc(Oc2ccc(Br)cc2[N+](=O)[O-])n1. The number of nitro groups is 1. The zero-order valence-corrected chi connectivity index (χ0v) is 10.6. The number of pyridine rings is 1. The van der Waals surface area contributed by atoms with E-state index in [1.165, 1.54) is 12.1 Å². The fourth-order valence-electron chi connectivity index (χ4n) is 1.32. The first kappa shape index (κ1) is 12.3. The molecular weight excluding hydrogens is 302 g/mol. The molecule has 0 aliphatic rings. The summed E-state index contributed by atoms with van der Waals surface area (Å²) in [6.07, 6.45) is 0. The number of benzene rings is 1. The van der Waals surface area contributed by atoms with Crippen molar-refractivity contribution in [2.75, 3.05) is 5.73 Å². The second-order valence-electron chi connectivity index (χ2n) is 3.37. The predicted octanol–water partition coefficient (Wildman–Crippen LogP) is 3.13. The maximum atomic E-state index is 10.9. The lowest BCUT2D eigenvalue weighted by molar-refractivity contribution is -0.385. The van der Waals surface area contributed by atoms with Crippen LogP contribution in [0.1, 0.15) is 0 Å². The molecule has 7 heteroatoms. The smallest absolute Gasteiger partial charge is 0.312 e. The van der Waals surface area contributed by atoms with Crippen LogP contribution < -0.4 is 10.5 Å². The van der Waals surface area contributed by atoms with Crippen LogP contribution in [0.25, 0.3) is 0 Å². The van der Waals surface area contributed by atoms with E-state index in [1.54, 1.807) is 24.3 Å². The maximum Gasteiger partial charge on any atom is 0.312 e. The number of anilines is 1. The van der Waals surface area contributed by atoms with E-state index in [2.05, 4.69) is 20.9 Å². The number of nitrogen functional groups attached to an aromatic ring is 1. The molecule has 0 unspecified atom stereocenters. The fourth-order valence-corrected chi connectivity index (χ4v) is 1.67. The first-order valence-electron chi connectivity index (χ1n) is 4.90. The molecule has 92 valence electrons. The van der Waals surface area contributed by atoms with E-state index in [0.717, 1.165) is 0 Å². The van der Waals surface area contributed by atoms with Gasteiger partial charge in [-0.3, -0.25) is 10.1 Å². The van der Waals surface area contributed by atoms with Crippen LogP contribution in [0.3, 0.4) is 0 Å². The van der Waals surface area contributed by atoms with Crippen LogP contribution in [0.5, 0.6) is 11.6 Å². The summed E-state index contributed by atoms with van der Waals surface area (Å²) >= 11 is 3.17. The molecule has 2 rings (SSSR count). The predicted molar refractivity (Wildman–Crippen MR) is 69.5 cm³/mol. The van der Waals surface area contributed by atoms with Gasteiger partial charge in [0.2, 0.25) is 11.6 Å². The molecule has 0 bridgehead atoms. The number of halogens is 1. The summed E-state index contributed by atoms with van der Waals surface area (Å²) in [5, 5.41) is 10.9. The third-order valence-corrected chi connectivity index (χ3v) is 2.57. The van der Waals surface area contributed by atoms with Gasteiger partial charge in [0.05, 0.1) is 4.92 Å². The number of hydrogen-bond donors (Lipinski definition) is 1. The van der Waals surface area contributed by atoms with Gasteiger partial charge in [-0.2, -0.15) is 4.98 Å². The Bertz CT molecular complexity index is 604. The van der Waals surface area contributed by atoms with Crippen molar-refractivity contribution < 1.29 is 9.66 Å². The normalized spacial score (nSPS) is 10.1. The highest BCUT2D eigenvalue weighted by Gasteiger charge is 2.16. The largest absolute Gasteiger partial charge is 0.432 e. The second-order valence-corrected chi connectivity index (χ2v) is 4.29. The van der Waals surface area contributed by atoms with Crippen LogP contribution in [0, 0.1) is 10.1 Å². The highest BCUT2D eigenvalue weighted by atomic mass is 79.9. The molecule has 1 aromatic heterocycles. The Morgan fingerprint density at radius 2 is 2.11 bits per heavy atom. The number of nitrogens with two attached hydrogens (primary N) is 1. The Morgan fingerprint density at radius 3 is 2.78 bits per heavy atom. The van der Waals surface area contributed by atoms with E-state index in [-0.39, 0.29) is 23.1 Å². The van der Waals surface area contributed by atoms with Crippen LogP contribution in [-0.4, -0.2) is 9.91 Å². The van der Waals surface area contributed by atoms with Crippen LogP contribution in [0.2, 0.25) is 0 Å². The van der Waals surface area contributed by atoms with Crippen molar-refractivity contribution >= 4 is 27.4 Å². The van der Waals surface area contributed by atoms with Crippen molar-refractivity contribution in [3.05, 3.63) is 51.0 Å². The van der Waals surface area contributed by atoms with E-state index < -0.39 is 4.92 Å². The highest BCUT2D eigenvalue weighted by molar-refractivity contribution is 9.10. The maximum absolute atomic E-state index is 10.9. The van der Waals surface area contributed by atoms with Gasteiger partial charge in [-0.15, -0.1) is 0 Å². The molecule has 18 heavy (non-hydrogen) atoms. The monoisotopic (exact) mass is 309 g/mol. The van der Waals surface area contributed by atoms with E-state index in [4.69, 9.17) is 10.5 Å². The Balaban J connectivity index is 2.37. The standard InChI is InChI=1S/C11H8BrN3O3/c12-7-4-5-9(8(6-7)15(16)17)18-11-3-1-2-10(13)14-11/h1-6H,(H2,13,14). The molecule has 0 aliphatic heterocycles. The van der Waals surface area contributed by atoms with Crippen LogP contribution in [0.4, 0.5) is 11.5 Å². The minimum absolute atomic E-state index is 0.112. The van der Waals surface area contributed by atoms with Gasteiger partial charge >= 0.3 is 5.69 Å². The van der Waals surface area contributed by atoms with Crippen molar-refractivity contribution in [3.63, 3.8) is 0 Å². The molecule has 0 fully saturated rings. The number of hydrogen-bond acceptors (Lipinski definition) is 5. The number of ether oxygens (including phenoxy) is 1. The van der Waals surface area contributed by atoms with Gasteiger partial charge in [0.25, 0.3) is 0 Å². The molecule has 1 heterocycles. The molecule has 2 N–H and O–H groups in total. The molecule has 0 radical (unpaired) electrons. The van der Waals surface area contributed by atoms with Gasteiger partial charge in [-0.05, 0) is 18.2 Å². The molecule has 0 atom stereocenters. The Kier molecular flexibility index (Phi) is 3.42. The number of nitrogens with zero attached hydrogens (tertiary/aromatic N) is 2. The third kappa shape index (κ3) is 2.75. The van der Waals surface area contributed by atoms with E-state index in [1.807, 2.05) is 0 Å². The average molecular weight is 310 g/mol. The lowest BCUT2D eigenvalue weighted by Gasteiger charge is -2.05. The number of aromatic nitrogens is 1. The minimum atomic E-state index is -0.521. The van der Waals surface area contributed by atoms with Crippen LogP contribution in [0.15, 0.2) is 40.9 Å². The topological polar surface area (TPSA) is 91.3 Å². The van der Waals surface area contributed by atoms with Gasteiger partial charge in [0.1, 0.15) is 5.82 Å². The van der Waals surface area contributed by atoms with Gasteiger partial charge in [-0.25, -0.2) is 0 Å². The Morgan fingerprint density at radius 1 is 1.33 bits per heavy atom. The Hall–Kier alpha value is -2.15. The highest BCUT2D eigenvalue weighted by Crippen LogP contribution is 2.33. The first-order chi connectivity index (χ1) is 8.56. The first-order valence-corrected chi connectivity index (χ1v) is 5.70. The third-order valence-electron chi connectivity index (χ3n) is 2.08. The summed E-state index contributed by atoms with van der Waals surface area (Å²) in [6.45, 7) is 0. The van der Waals surface area contributed by atoms with E-state index in [9.17, 15) is 10.1 Å². The lowest BCUT2D eigenvalue weighted by atomic mass is 10.3. The van der Waals surface area contributed by atoms with E-state index >= 15 is 0 Å². The molecule has 0 saturated carbocycles. The summed E-state index contributed by atoms with van der Waals surface area (Å²) in [4.78, 5) is 14.3. The van der Waals surface area contributed by atoms with Crippen molar-refractivity contribution in [1.29, 1.82) is 0 Å². The fraction of sp³-hybridized carbons (Fsp3) is 0. The number of rotatable bonds is 3. The number of nitro benzene ring substituents is 1. The quantitative estimate of drug-likeness (QED) is 0.694. The molecule has 1 aromatic carbocycles. The van der Waals surface area contributed by atoms with E-state index in [0.29, 0.717) is 4.47 Å². The minimum Gasteiger partial charge on any atom is -0.432 e. The van der Waals surface area contributed by atoms with Crippen LogP contribution >= 0.6 is 15.9 Å². The van der Waals surface area contributed by atoms with Gasteiger partial charge in [-0.1, -0.05) is 22.0 Å².